The summed E-state index contributed by atoms with van der Waals surface area (Å²) in [5.41, 5.74) is -0.441. The molecule has 0 saturated heterocycles. The Labute approximate surface area is 126 Å². The maximum absolute atomic E-state index is 11.9. The van der Waals surface area contributed by atoms with E-state index in [1.54, 1.807) is 0 Å². The van der Waals surface area contributed by atoms with Crippen LogP contribution >= 0.6 is 11.6 Å². The second-order valence-electron chi connectivity index (χ2n) is 4.07. The zero-order chi connectivity index (χ0) is 16.0. The topological polar surface area (TPSA) is 110 Å². The van der Waals surface area contributed by atoms with Gasteiger partial charge in [0.05, 0.1) is 29.1 Å². The number of hydrogen-bond acceptors (Lipinski definition) is 5. The van der Waals surface area contributed by atoms with Crippen LogP contribution in [0.4, 0.5) is 5.69 Å². The van der Waals surface area contributed by atoms with Gasteiger partial charge in [-0.3, -0.25) is 9.52 Å². The Kier molecular flexibility index (Phi) is 5.98. The Hall–Kier alpha value is -1.80. The van der Waals surface area contributed by atoms with Gasteiger partial charge in [0.1, 0.15) is 0 Å². The van der Waals surface area contributed by atoms with Gasteiger partial charge in [0, 0.05) is 6.42 Å². The molecule has 0 fully saturated rings. The van der Waals surface area contributed by atoms with Crippen molar-refractivity contribution >= 4 is 39.3 Å². The van der Waals surface area contributed by atoms with Gasteiger partial charge in [-0.1, -0.05) is 17.7 Å². The van der Waals surface area contributed by atoms with Crippen molar-refractivity contribution in [3.05, 3.63) is 28.8 Å². The standard InChI is InChI=1S/C12H14ClNO6S/c1-20-10(15)6-3-7-21(18,19)14-11-8(12(16)17)4-2-5-9(11)13/h2,4-5,14H,3,6-7H2,1H3,(H,16,17). The molecule has 0 aliphatic heterocycles. The second kappa shape index (κ2) is 7.28. The van der Waals surface area contributed by atoms with Gasteiger partial charge in [0.2, 0.25) is 10.0 Å². The Morgan fingerprint density at radius 1 is 1.38 bits per heavy atom. The SMILES string of the molecule is COC(=O)CCCS(=O)(=O)Nc1c(Cl)cccc1C(=O)O. The Bertz CT molecular complexity index is 643. The van der Waals surface area contributed by atoms with Gasteiger partial charge in [0.25, 0.3) is 0 Å². The molecule has 1 aromatic rings. The van der Waals surface area contributed by atoms with E-state index in [1.807, 2.05) is 0 Å². The number of para-hydroxylation sites is 1. The van der Waals surface area contributed by atoms with Crippen molar-refractivity contribution in [2.45, 2.75) is 12.8 Å². The van der Waals surface area contributed by atoms with Gasteiger partial charge in [-0.05, 0) is 18.6 Å². The zero-order valence-electron chi connectivity index (χ0n) is 11.1. The fraction of sp³-hybridized carbons (Fsp3) is 0.333. The molecule has 9 heteroatoms. The second-order valence-corrected chi connectivity index (χ2v) is 6.32. The van der Waals surface area contributed by atoms with Crippen LogP contribution in [-0.2, 0) is 19.6 Å². The van der Waals surface area contributed by atoms with Crippen LogP contribution < -0.4 is 4.72 Å². The van der Waals surface area contributed by atoms with Crippen molar-refractivity contribution in [1.82, 2.24) is 0 Å². The summed E-state index contributed by atoms with van der Waals surface area (Å²) in [5.74, 6) is -2.18. The Morgan fingerprint density at radius 2 is 2.05 bits per heavy atom. The fourth-order valence-electron chi connectivity index (χ4n) is 1.52. The lowest BCUT2D eigenvalue weighted by Gasteiger charge is -2.11. The maximum Gasteiger partial charge on any atom is 0.337 e. The average Bonchev–Trinajstić information content (AvgIpc) is 2.40. The number of carboxylic acid groups (broad SMARTS) is 1. The number of anilines is 1. The summed E-state index contributed by atoms with van der Waals surface area (Å²) in [7, 11) is -2.62. The van der Waals surface area contributed by atoms with Crippen molar-refractivity contribution in [2.75, 3.05) is 17.6 Å². The monoisotopic (exact) mass is 335 g/mol. The first-order chi connectivity index (χ1) is 9.76. The lowest BCUT2D eigenvalue weighted by Crippen LogP contribution is -2.19. The molecule has 0 bridgehead atoms. The number of carbonyl (C=O) groups is 2. The van der Waals surface area contributed by atoms with E-state index in [9.17, 15) is 18.0 Å². The predicted molar refractivity (Wildman–Crippen MR) is 77.1 cm³/mol. The molecule has 0 spiro atoms. The van der Waals surface area contributed by atoms with Crippen LogP contribution in [0.1, 0.15) is 23.2 Å². The number of esters is 1. The first kappa shape index (κ1) is 17.3. The highest BCUT2D eigenvalue weighted by Gasteiger charge is 2.19. The summed E-state index contributed by atoms with van der Waals surface area (Å²) in [6.07, 6.45) is 0.000579. The van der Waals surface area contributed by atoms with E-state index < -0.39 is 22.0 Å². The van der Waals surface area contributed by atoms with Crippen molar-refractivity contribution in [1.29, 1.82) is 0 Å². The molecule has 2 N–H and O–H groups in total. The number of methoxy groups -OCH3 is 1. The minimum absolute atomic E-state index is 0.0218. The van der Waals surface area contributed by atoms with E-state index in [0.29, 0.717) is 0 Å². The predicted octanol–water partition coefficient (Wildman–Crippen LogP) is 1.73. The lowest BCUT2D eigenvalue weighted by atomic mass is 10.2. The van der Waals surface area contributed by atoms with Gasteiger partial charge >= 0.3 is 11.9 Å². The number of nitrogens with one attached hydrogen (secondary N) is 1. The highest BCUT2D eigenvalue weighted by atomic mass is 35.5. The summed E-state index contributed by atoms with van der Waals surface area (Å²) in [4.78, 5) is 22.0. The Balaban J connectivity index is 2.85. The van der Waals surface area contributed by atoms with Crippen LogP contribution in [0.15, 0.2) is 18.2 Å². The molecule has 7 nitrogen and oxygen atoms in total. The summed E-state index contributed by atoms with van der Waals surface area (Å²) in [5, 5.41) is 8.99. The number of rotatable bonds is 7. The van der Waals surface area contributed by atoms with Crippen molar-refractivity contribution < 1.29 is 27.9 Å². The van der Waals surface area contributed by atoms with Crippen LogP contribution in [0.5, 0.6) is 0 Å². The molecule has 0 unspecified atom stereocenters. The van der Waals surface area contributed by atoms with Crippen LogP contribution in [-0.4, -0.2) is 38.3 Å². The van der Waals surface area contributed by atoms with Crippen molar-refractivity contribution in [3.8, 4) is 0 Å². The molecule has 0 saturated carbocycles. The molecule has 21 heavy (non-hydrogen) atoms. The maximum atomic E-state index is 11.9. The Morgan fingerprint density at radius 3 is 2.62 bits per heavy atom. The third-order valence-corrected chi connectivity index (χ3v) is 4.18. The normalized spacial score (nSPS) is 11.0. The summed E-state index contributed by atoms with van der Waals surface area (Å²) in [6, 6.07) is 4.02. The fourth-order valence-corrected chi connectivity index (χ4v) is 2.96. The first-order valence-electron chi connectivity index (χ1n) is 5.86. The average molecular weight is 336 g/mol. The molecule has 1 aromatic carbocycles. The summed E-state index contributed by atoms with van der Waals surface area (Å²) in [6.45, 7) is 0. The van der Waals surface area contributed by atoms with Gasteiger partial charge in [0.15, 0.2) is 0 Å². The van der Waals surface area contributed by atoms with E-state index in [1.165, 1.54) is 25.3 Å². The summed E-state index contributed by atoms with van der Waals surface area (Å²) < 4.78 is 30.3. The van der Waals surface area contributed by atoms with Crippen LogP contribution in [0.25, 0.3) is 0 Å². The zero-order valence-corrected chi connectivity index (χ0v) is 12.7. The van der Waals surface area contributed by atoms with E-state index in [2.05, 4.69) is 9.46 Å². The third-order valence-electron chi connectivity index (χ3n) is 2.52. The van der Waals surface area contributed by atoms with E-state index in [4.69, 9.17) is 16.7 Å². The van der Waals surface area contributed by atoms with Crippen molar-refractivity contribution in [2.24, 2.45) is 0 Å². The smallest absolute Gasteiger partial charge is 0.337 e. The molecular formula is C12H14ClNO6S. The van der Waals surface area contributed by atoms with Crippen LogP contribution in [0.3, 0.4) is 0 Å². The van der Waals surface area contributed by atoms with Gasteiger partial charge in [-0.2, -0.15) is 0 Å². The number of hydrogen-bond donors (Lipinski definition) is 2. The minimum atomic E-state index is -3.82. The number of halogens is 1. The molecular weight excluding hydrogens is 322 g/mol. The number of aromatic carboxylic acids is 1. The van der Waals surface area contributed by atoms with E-state index in [0.717, 1.165) is 0 Å². The van der Waals surface area contributed by atoms with Crippen molar-refractivity contribution in [3.63, 3.8) is 0 Å². The molecule has 116 valence electrons. The first-order valence-corrected chi connectivity index (χ1v) is 7.89. The highest BCUT2D eigenvalue weighted by molar-refractivity contribution is 7.92. The molecule has 0 amide bonds. The molecule has 0 radical (unpaired) electrons. The van der Waals surface area contributed by atoms with Gasteiger partial charge in [-0.25, -0.2) is 13.2 Å². The summed E-state index contributed by atoms with van der Waals surface area (Å²) >= 11 is 5.82. The lowest BCUT2D eigenvalue weighted by molar-refractivity contribution is -0.140. The minimum Gasteiger partial charge on any atom is -0.478 e. The van der Waals surface area contributed by atoms with Crippen LogP contribution in [0, 0.1) is 0 Å². The van der Waals surface area contributed by atoms with Crippen LogP contribution in [0.2, 0.25) is 5.02 Å². The molecule has 0 aliphatic carbocycles. The number of sulfonamides is 1. The largest absolute Gasteiger partial charge is 0.478 e. The molecule has 0 aromatic heterocycles. The molecule has 1 rings (SSSR count). The highest BCUT2D eigenvalue weighted by Crippen LogP contribution is 2.27. The van der Waals surface area contributed by atoms with E-state index >= 15 is 0 Å². The van der Waals surface area contributed by atoms with E-state index in [-0.39, 0.29) is 34.9 Å². The third kappa shape index (κ3) is 5.24. The molecule has 0 heterocycles. The number of ether oxygens (including phenoxy) is 1. The number of benzene rings is 1. The molecule has 0 atom stereocenters. The van der Waals surface area contributed by atoms with Gasteiger partial charge in [-0.15, -0.1) is 0 Å². The van der Waals surface area contributed by atoms with Gasteiger partial charge < -0.3 is 9.84 Å². The number of carboxylic acids is 1. The molecule has 0 aliphatic rings. The quantitative estimate of drug-likeness (QED) is 0.734. The number of carbonyl (C=O) groups excluding carboxylic acids is 1.